The van der Waals surface area contributed by atoms with E-state index in [0.29, 0.717) is 22.7 Å². The van der Waals surface area contributed by atoms with Gasteiger partial charge in [-0.15, -0.1) is 0 Å². The lowest BCUT2D eigenvalue weighted by Crippen LogP contribution is -2.35. The predicted molar refractivity (Wildman–Crippen MR) is 144 cm³/mol. The van der Waals surface area contributed by atoms with Crippen molar-refractivity contribution < 1.29 is 33.7 Å². The molecule has 1 aliphatic rings. The minimum Gasteiger partial charge on any atom is -0.497 e. The summed E-state index contributed by atoms with van der Waals surface area (Å²) in [6.45, 7) is -0.0746. The summed E-state index contributed by atoms with van der Waals surface area (Å²) in [6, 6.07) is 20.3. The highest BCUT2D eigenvalue weighted by molar-refractivity contribution is 7.80. The Morgan fingerprint density at radius 1 is 0.974 bits per heavy atom. The second-order valence-electron chi connectivity index (χ2n) is 8.14. The summed E-state index contributed by atoms with van der Waals surface area (Å²) >= 11 is 5.60. The van der Waals surface area contributed by atoms with Gasteiger partial charge in [-0.3, -0.25) is 14.5 Å². The van der Waals surface area contributed by atoms with Crippen molar-refractivity contribution in [2.24, 2.45) is 0 Å². The van der Waals surface area contributed by atoms with Crippen molar-refractivity contribution in [1.29, 1.82) is 0 Å². The first kappa shape index (κ1) is 26.4. The number of amides is 1. The van der Waals surface area contributed by atoms with E-state index in [2.05, 4.69) is 0 Å². The van der Waals surface area contributed by atoms with Gasteiger partial charge in [-0.2, -0.15) is 0 Å². The average molecular weight is 533 g/mol. The third-order valence-corrected chi connectivity index (χ3v) is 6.19. The largest absolute Gasteiger partial charge is 0.497 e. The van der Waals surface area contributed by atoms with Crippen LogP contribution < -0.4 is 14.4 Å². The Labute approximate surface area is 224 Å². The standard InChI is InChI=1S/C28H24N2O7S/c1-35-22-13-11-21(12-14-22)30-26(32)23(29(28(30)38)16-25(31)36-2)15-20-5-3-4-6-24(20)37-17-18-7-9-19(10-8-18)27(33)34/h3-15H,16-17H2,1-2H3,(H,33,34)/b23-15-. The first-order chi connectivity index (χ1) is 18.3. The molecule has 0 atom stereocenters. The van der Waals surface area contributed by atoms with Gasteiger partial charge in [-0.1, -0.05) is 30.3 Å². The van der Waals surface area contributed by atoms with Crippen LogP contribution in [0.5, 0.6) is 11.5 Å². The molecule has 38 heavy (non-hydrogen) atoms. The van der Waals surface area contributed by atoms with Gasteiger partial charge in [0.1, 0.15) is 30.3 Å². The van der Waals surface area contributed by atoms with E-state index < -0.39 is 17.8 Å². The van der Waals surface area contributed by atoms with Crippen LogP contribution in [0.3, 0.4) is 0 Å². The number of carbonyl (C=O) groups excluding carboxylic acids is 2. The van der Waals surface area contributed by atoms with Crippen molar-refractivity contribution in [3.8, 4) is 11.5 Å². The molecule has 0 spiro atoms. The number of hydrogen-bond acceptors (Lipinski definition) is 7. The molecule has 0 aliphatic carbocycles. The zero-order valence-electron chi connectivity index (χ0n) is 20.6. The normalized spacial score (nSPS) is 14.1. The lowest BCUT2D eigenvalue weighted by atomic mass is 10.1. The Morgan fingerprint density at radius 3 is 2.29 bits per heavy atom. The number of thiocarbonyl (C=S) groups is 1. The SMILES string of the molecule is COC(=O)CN1C(=S)N(c2ccc(OC)cc2)C(=O)/C1=C/c1ccccc1OCc1ccc(C(=O)O)cc1. The van der Waals surface area contributed by atoms with E-state index >= 15 is 0 Å². The summed E-state index contributed by atoms with van der Waals surface area (Å²) in [7, 11) is 2.81. The monoisotopic (exact) mass is 532 g/mol. The van der Waals surface area contributed by atoms with E-state index in [4.69, 9.17) is 31.5 Å². The quantitative estimate of drug-likeness (QED) is 0.247. The molecule has 0 saturated carbocycles. The van der Waals surface area contributed by atoms with E-state index in [1.165, 1.54) is 29.0 Å². The predicted octanol–water partition coefficient (Wildman–Crippen LogP) is 4.12. The molecule has 3 aromatic carbocycles. The lowest BCUT2D eigenvalue weighted by Gasteiger charge is -2.19. The van der Waals surface area contributed by atoms with Crippen LogP contribution in [0.25, 0.3) is 6.08 Å². The van der Waals surface area contributed by atoms with Crippen molar-refractivity contribution in [1.82, 2.24) is 4.90 Å². The van der Waals surface area contributed by atoms with Crippen LogP contribution in [0.15, 0.2) is 78.5 Å². The molecule has 1 heterocycles. The fraction of sp³-hybridized carbons (Fsp3) is 0.143. The second kappa shape index (κ2) is 11.6. The Morgan fingerprint density at radius 2 is 1.66 bits per heavy atom. The minimum atomic E-state index is -1.01. The molecular formula is C28H24N2O7S. The summed E-state index contributed by atoms with van der Waals surface area (Å²) in [5.41, 5.74) is 2.24. The van der Waals surface area contributed by atoms with E-state index in [1.807, 2.05) is 0 Å². The molecule has 1 fully saturated rings. The number of carboxylic acid groups (broad SMARTS) is 1. The molecule has 1 aliphatic heterocycles. The number of rotatable bonds is 9. The minimum absolute atomic E-state index is 0.133. The summed E-state index contributed by atoms with van der Waals surface area (Å²) in [6.07, 6.45) is 1.62. The fourth-order valence-electron chi connectivity index (χ4n) is 3.77. The number of aromatic carboxylic acids is 1. The van der Waals surface area contributed by atoms with Crippen LogP contribution in [0, 0.1) is 0 Å². The molecule has 1 amide bonds. The van der Waals surface area contributed by atoms with Gasteiger partial charge in [0.05, 0.1) is 25.5 Å². The Hall–Kier alpha value is -4.70. The van der Waals surface area contributed by atoms with Gasteiger partial charge in [0.15, 0.2) is 5.11 Å². The molecule has 4 rings (SSSR count). The molecule has 194 valence electrons. The molecule has 1 N–H and O–H groups in total. The highest BCUT2D eigenvalue weighted by atomic mass is 32.1. The van der Waals surface area contributed by atoms with Crippen molar-refractivity contribution >= 4 is 46.9 Å². The Kier molecular flexibility index (Phi) is 8.03. The van der Waals surface area contributed by atoms with Crippen LogP contribution in [0.4, 0.5) is 5.69 Å². The zero-order valence-corrected chi connectivity index (χ0v) is 21.4. The van der Waals surface area contributed by atoms with Crippen molar-refractivity contribution in [3.05, 3.63) is 95.2 Å². The van der Waals surface area contributed by atoms with Crippen LogP contribution in [0.2, 0.25) is 0 Å². The number of carboxylic acids is 1. The number of anilines is 1. The van der Waals surface area contributed by atoms with Crippen molar-refractivity contribution in [3.63, 3.8) is 0 Å². The van der Waals surface area contributed by atoms with Crippen LogP contribution in [-0.4, -0.2) is 53.7 Å². The third kappa shape index (κ3) is 5.65. The summed E-state index contributed by atoms with van der Waals surface area (Å²) in [4.78, 5) is 39.6. The number of carbonyl (C=O) groups is 3. The zero-order chi connectivity index (χ0) is 27.2. The van der Waals surface area contributed by atoms with Gasteiger partial charge in [-0.25, -0.2) is 4.79 Å². The highest BCUT2D eigenvalue weighted by Crippen LogP contribution is 2.32. The number of methoxy groups -OCH3 is 2. The fourth-order valence-corrected chi connectivity index (χ4v) is 4.12. The molecule has 0 aromatic heterocycles. The van der Waals surface area contributed by atoms with Crippen molar-refractivity contribution in [2.45, 2.75) is 6.61 Å². The summed E-state index contributed by atoms with van der Waals surface area (Å²) < 4.78 is 16.0. The summed E-state index contributed by atoms with van der Waals surface area (Å²) in [5.74, 6) is -0.868. The summed E-state index contributed by atoms with van der Waals surface area (Å²) in [5, 5.41) is 9.22. The number of para-hydroxylation sites is 1. The number of ether oxygens (including phenoxy) is 3. The molecule has 0 unspecified atom stereocenters. The van der Waals surface area contributed by atoms with E-state index in [0.717, 1.165) is 5.56 Å². The molecule has 1 saturated heterocycles. The Balaban J connectivity index is 1.65. The Bertz CT molecular complexity index is 1400. The maximum absolute atomic E-state index is 13.6. The van der Waals surface area contributed by atoms with Gasteiger partial charge in [0.25, 0.3) is 5.91 Å². The average Bonchev–Trinajstić information content (AvgIpc) is 3.16. The maximum Gasteiger partial charge on any atom is 0.335 e. The van der Waals surface area contributed by atoms with E-state index in [-0.39, 0.29) is 29.5 Å². The van der Waals surface area contributed by atoms with Gasteiger partial charge >= 0.3 is 11.9 Å². The molecule has 0 radical (unpaired) electrons. The lowest BCUT2D eigenvalue weighted by molar-refractivity contribution is -0.140. The van der Waals surface area contributed by atoms with Gasteiger partial charge in [0.2, 0.25) is 0 Å². The second-order valence-corrected chi connectivity index (χ2v) is 8.51. The number of benzene rings is 3. The van der Waals surface area contributed by atoms with Gasteiger partial charge in [0, 0.05) is 5.56 Å². The topological polar surface area (TPSA) is 106 Å². The molecule has 9 nitrogen and oxygen atoms in total. The third-order valence-electron chi connectivity index (χ3n) is 5.79. The molecule has 3 aromatic rings. The first-order valence-corrected chi connectivity index (χ1v) is 11.9. The smallest absolute Gasteiger partial charge is 0.335 e. The number of nitrogens with zero attached hydrogens (tertiary/aromatic N) is 2. The highest BCUT2D eigenvalue weighted by Gasteiger charge is 2.40. The first-order valence-electron chi connectivity index (χ1n) is 11.4. The van der Waals surface area contributed by atoms with Crippen LogP contribution in [0.1, 0.15) is 21.5 Å². The molecule has 0 bridgehead atoms. The van der Waals surface area contributed by atoms with Crippen LogP contribution in [-0.2, 0) is 20.9 Å². The number of esters is 1. The maximum atomic E-state index is 13.6. The van der Waals surface area contributed by atoms with Crippen LogP contribution >= 0.6 is 12.2 Å². The van der Waals surface area contributed by atoms with Crippen molar-refractivity contribution in [2.75, 3.05) is 25.7 Å². The van der Waals surface area contributed by atoms with Gasteiger partial charge in [-0.05, 0) is 66.3 Å². The molecular weight excluding hydrogens is 508 g/mol. The van der Waals surface area contributed by atoms with Gasteiger partial charge < -0.3 is 24.2 Å². The molecule has 10 heteroatoms. The number of hydrogen-bond donors (Lipinski definition) is 1. The van der Waals surface area contributed by atoms with E-state index in [1.54, 1.807) is 73.8 Å². The van der Waals surface area contributed by atoms with E-state index in [9.17, 15) is 14.4 Å².